The van der Waals surface area contributed by atoms with Crippen molar-refractivity contribution in [3.8, 4) is 5.75 Å². The Morgan fingerprint density at radius 1 is 1.30 bits per heavy atom. The molecule has 0 spiro atoms. The minimum atomic E-state index is 0.157. The molecule has 3 rings (SSSR count). The van der Waals surface area contributed by atoms with Crippen molar-refractivity contribution in [3.63, 3.8) is 0 Å². The molecule has 0 bridgehead atoms. The van der Waals surface area contributed by atoms with Gasteiger partial charge in [0.25, 0.3) is 0 Å². The van der Waals surface area contributed by atoms with Gasteiger partial charge in [0.15, 0.2) is 5.82 Å². The highest BCUT2D eigenvalue weighted by atomic mass is 16.5. The average Bonchev–Trinajstić information content (AvgIpc) is 3.08. The second-order valence-corrected chi connectivity index (χ2v) is 5.27. The Balaban J connectivity index is 1.70. The van der Waals surface area contributed by atoms with Gasteiger partial charge in [-0.3, -0.25) is 0 Å². The summed E-state index contributed by atoms with van der Waals surface area (Å²) >= 11 is 0. The van der Waals surface area contributed by atoms with Crippen LogP contribution in [-0.2, 0) is 6.42 Å². The van der Waals surface area contributed by atoms with E-state index in [9.17, 15) is 0 Å². The Hall–Kier alpha value is -1.88. The number of benzene rings is 1. The molecule has 20 heavy (non-hydrogen) atoms. The van der Waals surface area contributed by atoms with Crippen molar-refractivity contribution >= 4 is 0 Å². The van der Waals surface area contributed by atoms with E-state index >= 15 is 0 Å². The summed E-state index contributed by atoms with van der Waals surface area (Å²) in [4.78, 5) is 4.49. The molecular formula is C15H19N3O2. The number of aromatic nitrogens is 2. The minimum absolute atomic E-state index is 0.157. The van der Waals surface area contributed by atoms with Crippen LogP contribution in [0.2, 0.25) is 0 Å². The van der Waals surface area contributed by atoms with Gasteiger partial charge in [0, 0.05) is 12.5 Å². The molecule has 1 saturated carbocycles. The highest BCUT2D eigenvalue weighted by Gasteiger charge is 2.30. The first kappa shape index (κ1) is 13.1. The summed E-state index contributed by atoms with van der Waals surface area (Å²) in [5, 5.41) is 4.06. The molecule has 1 aliphatic carbocycles. The molecule has 1 heterocycles. The van der Waals surface area contributed by atoms with Crippen LogP contribution in [0.25, 0.3) is 0 Å². The van der Waals surface area contributed by atoms with Gasteiger partial charge in [-0.1, -0.05) is 23.7 Å². The highest BCUT2D eigenvalue weighted by Crippen LogP contribution is 2.32. The lowest BCUT2D eigenvalue weighted by molar-refractivity contribution is 0.342. The van der Waals surface area contributed by atoms with Crippen LogP contribution in [0.15, 0.2) is 28.8 Å². The van der Waals surface area contributed by atoms with Crippen LogP contribution >= 0.6 is 0 Å². The number of nitrogens with zero attached hydrogens (tertiary/aromatic N) is 2. The number of methoxy groups -OCH3 is 1. The Morgan fingerprint density at radius 3 is 2.75 bits per heavy atom. The monoisotopic (exact) mass is 273 g/mol. The van der Waals surface area contributed by atoms with E-state index in [0.29, 0.717) is 18.1 Å². The minimum Gasteiger partial charge on any atom is -0.497 e. The molecule has 0 radical (unpaired) electrons. The summed E-state index contributed by atoms with van der Waals surface area (Å²) in [5.41, 5.74) is 7.20. The number of ether oxygens (including phenoxy) is 1. The zero-order valence-electron chi connectivity index (χ0n) is 11.6. The molecule has 0 aliphatic heterocycles. The molecule has 5 heteroatoms. The molecule has 2 N–H and O–H groups in total. The fraction of sp³-hybridized carbons (Fsp3) is 0.467. The van der Waals surface area contributed by atoms with E-state index in [1.165, 1.54) is 0 Å². The smallest absolute Gasteiger partial charge is 0.231 e. The Bertz CT molecular complexity index is 565. The van der Waals surface area contributed by atoms with Gasteiger partial charge in [0.2, 0.25) is 5.89 Å². The topological polar surface area (TPSA) is 74.2 Å². The molecule has 1 aromatic carbocycles. The fourth-order valence-corrected chi connectivity index (χ4v) is 2.71. The third kappa shape index (κ3) is 2.67. The predicted octanol–water partition coefficient (Wildman–Crippen LogP) is 2.26. The zero-order chi connectivity index (χ0) is 13.9. The summed E-state index contributed by atoms with van der Waals surface area (Å²) in [6.07, 6.45) is 3.89. The van der Waals surface area contributed by atoms with Gasteiger partial charge in [-0.25, -0.2) is 0 Å². The summed E-state index contributed by atoms with van der Waals surface area (Å²) in [7, 11) is 1.66. The largest absolute Gasteiger partial charge is 0.497 e. The lowest BCUT2D eigenvalue weighted by atomic mass is 10.1. The van der Waals surface area contributed by atoms with Gasteiger partial charge in [-0.2, -0.15) is 4.98 Å². The summed E-state index contributed by atoms with van der Waals surface area (Å²) in [5.74, 6) is 2.48. The van der Waals surface area contributed by atoms with Gasteiger partial charge in [-0.05, 0) is 30.5 Å². The Labute approximate surface area is 118 Å². The van der Waals surface area contributed by atoms with E-state index in [0.717, 1.165) is 30.6 Å². The first-order valence-corrected chi connectivity index (χ1v) is 6.97. The second-order valence-electron chi connectivity index (χ2n) is 5.27. The van der Waals surface area contributed by atoms with Gasteiger partial charge < -0.3 is 15.0 Å². The molecule has 2 atom stereocenters. The number of rotatable bonds is 4. The molecule has 1 fully saturated rings. The van der Waals surface area contributed by atoms with Crippen molar-refractivity contribution in [2.24, 2.45) is 5.73 Å². The first-order valence-electron chi connectivity index (χ1n) is 6.97. The van der Waals surface area contributed by atoms with Gasteiger partial charge in [-0.15, -0.1) is 0 Å². The van der Waals surface area contributed by atoms with Crippen molar-refractivity contribution in [1.82, 2.24) is 10.1 Å². The van der Waals surface area contributed by atoms with Crippen molar-refractivity contribution in [1.29, 1.82) is 0 Å². The normalized spacial score (nSPS) is 22.1. The molecule has 0 amide bonds. The maximum atomic E-state index is 6.06. The molecule has 2 unspecified atom stereocenters. The van der Waals surface area contributed by atoms with Crippen molar-refractivity contribution in [2.75, 3.05) is 7.11 Å². The van der Waals surface area contributed by atoms with Crippen molar-refractivity contribution < 1.29 is 9.26 Å². The summed E-state index contributed by atoms with van der Waals surface area (Å²) in [6, 6.07) is 8.04. The highest BCUT2D eigenvalue weighted by molar-refractivity contribution is 5.28. The van der Waals surface area contributed by atoms with Crippen LogP contribution in [-0.4, -0.2) is 23.3 Å². The maximum Gasteiger partial charge on any atom is 0.231 e. The average molecular weight is 273 g/mol. The van der Waals surface area contributed by atoms with Crippen molar-refractivity contribution in [3.05, 3.63) is 41.5 Å². The third-order valence-electron chi connectivity index (χ3n) is 3.89. The molecule has 5 nitrogen and oxygen atoms in total. The molecule has 0 saturated heterocycles. The molecule has 2 aromatic rings. The lowest BCUT2D eigenvalue weighted by Gasteiger charge is -2.08. The van der Waals surface area contributed by atoms with E-state index in [2.05, 4.69) is 10.1 Å². The van der Waals surface area contributed by atoms with E-state index < -0.39 is 0 Å². The zero-order valence-corrected chi connectivity index (χ0v) is 11.6. The number of nitrogens with two attached hydrogens (primary N) is 1. The van der Waals surface area contributed by atoms with E-state index in [1.54, 1.807) is 7.11 Å². The third-order valence-corrected chi connectivity index (χ3v) is 3.89. The number of hydrogen-bond donors (Lipinski definition) is 1. The fourth-order valence-electron chi connectivity index (χ4n) is 2.71. The molecule has 1 aliphatic rings. The lowest BCUT2D eigenvalue weighted by Crippen LogP contribution is -2.22. The van der Waals surface area contributed by atoms with Crippen LogP contribution in [0.1, 0.15) is 42.5 Å². The SMILES string of the molecule is COc1ccc(Cc2noc(C3CCCC3N)n2)cc1. The van der Waals surface area contributed by atoms with Crippen LogP contribution < -0.4 is 10.5 Å². The van der Waals surface area contributed by atoms with Crippen LogP contribution in [0.4, 0.5) is 0 Å². The molecule has 1 aromatic heterocycles. The second kappa shape index (κ2) is 5.63. The predicted molar refractivity (Wildman–Crippen MR) is 74.7 cm³/mol. The molecular weight excluding hydrogens is 254 g/mol. The summed E-state index contributed by atoms with van der Waals surface area (Å²) in [6.45, 7) is 0. The Morgan fingerprint density at radius 2 is 2.10 bits per heavy atom. The standard InChI is InChI=1S/C15H19N3O2/c1-19-11-7-5-10(6-8-11)9-14-17-15(20-18-14)12-3-2-4-13(12)16/h5-8,12-13H,2-4,9,16H2,1H3. The van der Waals surface area contributed by atoms with E-state index in [4.69, 9.17) is 15.0 Å². The molecule has 106 valence electrons. The number of hydrogen-bond acceptors (Lipinski definition) is 5. The maximum absolute atomic E-state index is 6.06. The first-order chi connectivity index (χ1) is 9.76. The van der Waals surface area contributed by atoms with Crippen LogP contribution in [0.5, 0.6) is 5.75 Å². The quantitative estimate of drug-likeness (QED) is 0.925. The van der Waals surface area contributed by atoms with E-state index in [1.807, 2.05) is 24.3 Å². The van der Waals surface area contributed by atoms with E-state index in [-0.39, 0.29) is 12.0 Å². The van der Waals surface area contributed by atoms with Gasteiger partial charge in [0.05, 0.1) is 13.0 Å². The van der Waals surface area contributed by atoms with Gasteiger partial charge in [0.1, 0.15) is 5.75 Å². The van der Waals surface area contributed by atoms with Crippen LogP contribution in [0, 0.1) is 0 Å². The van der Waals surface area contributed by atoms with Crippen molar-refractivity contribution in [2.45, 2.75) is 37.6 Å². The van der Waals surface area contributed by atoms with Gasteiger partial charge >= 0.3 is 0 Å². The Kier molecular flexibility index (Phi) is 3.69. The summed E-state index contributed by atoms with van der Waals surface area (Å²) < 4.78 is 10.5. The van der Waals surface area contributed by atoms with Crippen LogP contribution in [0.3, 0.4) is 0 Å².